The van der Waals surface area contributed by atoms with Gasteiger partial charge in [0, 0.05) is 55.5 Å². The molecule has 7 nitrogen and oxygen atoms in total. The van der Waals surface area contributed by atoms with Gasteiger partial charge in [0.2, 0.25) is 11.8 Å². The highest BCUT2D eigenvalue weighted by molar-refractivity contribution is 6.32. The number of ether oxygens (including phenoxy) is 3. The number of amides is 1. The Morgan fingerprint density at radius 2 is 1.51 bits per heavy atom. The van der Waals surface area contributed by atoms with E-state index in [0.717, 1.165) is 47.5 Å². The fourth-order valence-electron chi connectivity index (χ4n) is 5.64. The zero-order valence-corrected chi connectivity index (χ0v) is 29.7. The van der Waals surface area contributed by atoms with E-state index in [4.69, 9.17) is 37.4 Å². The number of hydrogen-bond acceptors (Lipinski definition) is 6. The van der Waals surface area contributed by atoms with Gasteiger partial charge in [0.25, 0.3) is 0 Å². The van der Waals surface area contributed by atoms with E-state index in [0.29, 0.717) is 60.3 Å². The van der Waals surface area contributed by atoms with Gasteiger partial charge in [-0.05, 0) is 77.2 Å². The predicted octanol–water partition coefficient (Wildman–Crippen LogP) is 9.28. The molecule has 5 aromatic rings. The number of pyridine rings is 1. The van der Waals surface area contributed by atoms with Gasteiger partial charge in [-0.15, -0.1) is 0 Å². The first kappa shape index (κ1) is 36.1. The Kier molecular flexibility index (Phi) is 12.4. The maximum absolute atomic E-state index is 13.1. The monoisotopic (exact) mass is 725 g/mol. The van der Waals surface area contributed by atoms with Gasteiger partial charge in [-0.1, -0.05) is 77.8 Å². The maximum atomic E-state index is 13.1. The molecule has 1 aromatic heterocycles. The smallest absolute Gasteiger partial charge is 0.246 e. The van der Waals surface area contributed by atoms with Gasteiger partial charge in [-0.25, -0.2) is 9.37 Å². The van der Waals surface area contributed by atoms with Gasteiger partial charge in [-0.2, -0.15) is 0 Å². The molecule has 10 heteroatoms. The third-order valence-corrected chi connectivity index (χ3v) is 9.15. The first-order chi connectivity index (χ1) is 24.8. The molecule has 6 rings (SSSR count). The molecule has 0 bridgehead atoms. The van der Waals surface area contributed by atoms with Crippen LogP contribution in [-0.4, -0.2) is 46.9 Å². The number of aryl methyl sites for hydroxylation is 1. The van der Waals surface area contributed by atoms with Crippen molar-refractivity contribution in [1.29, 1.82) is 0 Å². The summed E-state index contributed by atoms with van der Waals surface area (Å²) in [6.45, 7) is 6.87. The largest absolute Gasteiger partial charge is 0.487 e. The van der Waals surface area contributed by atoms with Crippen LogP contribution >= 0.6 is 23.2 Å². The summed E-state index contributed by atoms with van der Waals surface area (Å²) in [7, 11) is 0. The minimum Gasteiger partial charge on any atom is -0.487 e. The highest BCUT2D eigenvalue weighted by Gasteiger charge is 2.20. The highest BCUT2D eigenvalue weighted by Crippen LogP contribution is 2.34. The number of piperazine rings is 1. The number of halogens is 3. The van der Waals surface area contributed by atoms with Crippen molar-refractivity contribution < 1.29 is 23.4 Å². The second kappa shape index (κ2) is 17.5. The van der Waals surface area contributed by atoms with Crippen LogP contribution in [0.2, 0.25) is 10.0 Å². The third-order valence-electron chi connectivity index (χ3n) is 8.50. The van der Waals surface area contributed by atoms with E-state index in [9.17, 15) is 9.18 Å². The lowest BCUT2D eigenvalue weighted by Gasteiger charge is -2.34. The van der Waals surface area contributed by atoms with Crippen molar-refractivity contribution in [2.45, 2.75) is 33.3 Å². The van der Waals surface area contributed by atoms with Crippen LogP contribution in [0.3, 0.4) is 0 Å². The van der Waals surface area contributed by atoms with Crippen LogP contribution in [-0.2, 0) is 35.9 Å². The Balaban J connectivity index is 0.935. The zero-order valence-electron chi connectivity index (χ0n) is 28.2. The summed E-state index contributed by atoms with van der Waals surface area (Å²) in [4.78, 5) is 21.6. The van der Waals surface area contributed by atoms with Gasteiger partial charge in [0.15, 0.2) is 5.75 Å². The van der Waals surface area contributed by atoms with Crippen molar-refractivity contribution in [3.63, 3.8) is 0 Å². The number of benzene rings is 4. The van der Waals surface area contributed by atoms with Gasteiger partial charge in [0.1, 0.15) is 18.2 Å². The summed E-state index contributed by atoms with van der Waals surface area (Å²) in [5.41, 5.74) is 5.74. The van der Waals surface area contributed by atoms with E-state index in [1.165, 1.54) is 17.7 Å². The lowest BCUT2D eigenvalue weighted by atomic mass is 10.1. The van der Waals surface area contributed by atoms with Gasteiger partial charge < -0.3 is 19.1 Å². The molecule has 4 aromatic carbocycles. The van der Waals surface area contributed by atoms with Crippen molar-refractivity contribution in [1.82, 2.24) is 14.8 Å². The first-order valence-electron chi connectivity index (χ1n) is 16.7. The van der Waals surface area contributed by atoms with Crippen LogP contribution in [0.4, 0.5) is 4.39 Å². The van der Waals surface area contributed by atoms with E-state index in [1.54, 1.807) is 48.7 Å². The molecular formula is C41H38Cl2FN3O4. The number of aromatic nitrogens is 1. The molecule has 0 saturated carbocycles. The molecule has 1 saturated heterocycles. The number of nitrogens with zero attached hydrogens (tertiary/aromatic N) is 3. The Hall–Kier alpha value is -4.73. The molecule has 0 radical (unpaired) electrons. The number of carbonyl (C=O) groups excluding carboxylic acids is 1. The highest BCUT2D eigenvalue weighted by atomic mass is 35.5. The third kappa shape index (κ3) is 10.4. The molecule has 0 spiro atoms. The fourth-order valence-corrected chi connectivity index (χ4v) is 6.15. The second-order valence-corrected chi connectivity index (χ2v) is 13.1. The summed E-state index contributed by atoms with van der Waals surface area (Å²) < 4.78 is 30.7. The fraction of sp³-hybridized carbons (Fsp3) is 0.220. The molecule has 0 unspecified atom stereocenters. The van der Waals surface area contributed by atoms with Gasteiger partial charge >= 0.3 is 0 Å². The zero-order chi connectivity index (χ0) is 35.6. The number of hydrogen-bond donors (Lipinski definition) is 0. The Morgan fingerprint density at radius 1 is 0.824 bits per heavy atom. The molecule has 0 atom stereocenters. The maximum Gasteiger partial charge on any atom is 0.246 e. The van der Waals surface area contributed by atoms with Crippen molar-refractivity contribution in [3.05, 3.63) is 159 Å². The van der Waals surface area contributed by atoms with Crippen LogP contribution in [0.15, 0.2) is 109 Å². The Morgan fingerprint density at radius 3 is 2.18 bits per heavy atom. The minimum absolute atomic E-state index is 0.0326. The summed E-state index contributed by atoms with van der Waals surface area (Å²) in [6.07, 6.45) is 4.97. The lowest BCUT2D eigenvalue weighted by molar-refractivity contribution is -0.127. The van der Waals surface area contributed by atoms with E-state index in [-0.39, 0.29) is 11.7 Å². The Bertz CT molecular complexity index is 1920. The Labute approximate surface area is 307 Å². The molecule has 51 heavy (non-hydrogen) atoms. The van der Waals surface area contributed by atoms with Crippen LogP contribution in [0.1, 0.15) is 33.4 Å². The molecule has 1 fully saturated rings. The van der Waals surface area contributed by atoms with Gasteiger partial charge in [0.05, 0.1) is 24.4 Å². The van der Waals surface area contributed by atoms with Crippen molar-refractivity contribution in [3.8, 4) is 17.4 Å². The summed E-state index contributed by atoms with van der Waals surface area (Å²) in [6, 6.07) is 29.5. The topological polar surface area (TPSA) is 64.1 Å². The predicted molar refractivity (Wildman–Crippen MR) is 199 cm³/mol. The molecule has 2 heterocycles. The summed E-state index contributed by atoms with van der Waals surface area (Å²) in [5, 5.41) is 1.07. The quantitative estimate of drug-likeness (QED) is 0.113. The van der Waals surface area contributed by atoms with Crippen LogP contribution < -0.4 is 9.47 Å². The van der Waals surface area contributed by atoms with E-state index in [1.807, 2.05) is 42.2 Å². The SMILES string of the molecule is Cc1cc(/C=C/C(=O)N2CCN(Cc3ccc(COCc4ccc(F)cc4)cc3)CC2)cc(Cl)c1Oc1ccc(OCc2ccccc2Cl)cn1. The number of carbonyl (C=O) groups is 1. The molecule has 1 aliphatic rings. The second-order valence-electron chi connectivity index (χ2n) is 12.3. The standard InChI is InChI=1S/C41H38Cl2FN3O4/c1-29-22-33(23-38(43)41(29)51-39-16-15-36(24-45-39)50-28-34-4-2-3-5-37(34)42)12-17-40(48)47-20-18-46(19-21-47)25-30-6-8-31(9-7-30)26-49-27-32-10-13-35(44)14-11-32/h2-17,22-24H,18-21,25-28H2,1H3/b17-12+. The van der Waals surface area contributed by atoms with E-state index >= 15 is 0 Å². The molecule has 0 N–H and O–H groups in total. The van der Waals surface area contributed by atoms with Crippen LogP contribution in [0.25, 0.3) is 6.08 Å². The summed E-state index contributed by atoms with van der Waals surface area (Å²) >= 11 is 12.8. The van der Waals surface area contributed by atoms with E-state index < -0.39 is 0 Å². The molecular weight excluding hydrogens is 688 g/mol. The molecule has 1 aliphatic heterocycles. The lowest BCUT2D eigenvalue weighted by Crippen LogP contribution is -2.47. The van der Waals surface area contributed by atoms with Gasteiger partial charge in [-0.3, -0.25) is 9.69 Å². The van der Waals surface area contributed by atoms with E-state index in [2.05, 4.69) is 34.1 Å². The minimum atomic E-state index is -0.249. The molecule has 262 valence electrons. The average molecular weight is 727 g/mol. The molecule has 1 amide bonds. The van der Waals surface area contributed by atoms with Crippen molar-refractivity contribution in [2.24, 2.45) is 0 Å². The van der Waals surface area contributed by atoms with Crippen molar-refractivity contribution in [2.75, 3.05) is 26.2 Å². The summed E-state index contributed by atoms with van der Waals surface area (Å²) in [5.74, 6) is 1.18. The van der Waals surface area contributed by atoms with Crippen molar-refractivity contribution >= 4 is 35.2 Å². The average Bonchev–Trinajstić information content (AvgIpc) is 3.14. The first-order valence-corrected chi connectivity index (χ1v) is 17.4. The number of rotatable bonds is 13. The molecule has 0 aliphatic carbocycles. The van der Waals surface area contributed by atoms with Crippen LogP contribution in [0, 0.1) is 12.7 Å². The van der Waals surface area contributed by atoms with Crippen LogP contribution in [0.5, 0.6) is 17.4 Å². The normalized spacial score (nSPS) is 13.5.